The Bertz CT molecular complexity index is 225. The summed E-state index contributed by atoms with van der Waals surface area (Å²) >= 11 is 0. The standard InChI is InChI=1S/C6H6.C5H11NO2/c1-2-4-6-5-3-1;1-5(2,3)8-4(6)7/h1-6H;1-3H3,(H2,6,7). The highest BCUT2D eigenvalue weighted by atomic mass is 16.6. The molecule has 0 unspecified atom stereocenters. The van der Waals surface area contributed by atoms with Crippen molar-refractivity contribution in [2.45, 2.75) is 26.4 Å². The summed E-state index contributed by atoms with van der Waals surface area (Å²) in [6.07, 6.45) is -0.725. The van der Waals surface area contributed by atoms with Crippen LogP contribution in [0.4, 0.5) is 4.79 Å². The maximum Gasteiger partial charge on any atom is 0.405 e. The van der Waals surface area contributed by atoms with Crippen LogP contribution in [0.5, 0.6) is 0 Å². The molecule has 14 heavy (non-hydrogen) atoms. The van der Waals surface area contributed by atoms with Gasteiger partial charge in [-0.25, -0.2) is 4.79 Å². The average molecular weight is 195 g/mol. The molecular weight excluding hydrogens is 178 g/mol. The van der Waals surface area contributed by atoms with Gasteiger partial charge in [-0.15, -0.1) is 0 Å². The minimum Gasteiger partial charge on any atom is -0.444 e. The predicted molar refractivity (Wildman–Crippen MR) is 56.9 cm³/mol. The predicted octanol–water partition coefficient (Wildman–Crippen LogP) is 2.57. The summed E-state index contributed by atoms with van der Waals surface area (Å²) in [7, 11) is 0. The molecule has 0 aliphatic rings. The van der Waals surface area contributed by atoms with Crippen molar-refractivity contribution in [1.82, 2.24) is 0 Å². The van der Waals surface area contributed by atoms with Crippen molar-refractivity contribution in [2.75, 3.05) is 0 Å². The van der Waals surface area contributed by atoms with E-state index in [4.69, 9.17) is 5.73 Å². The smallest absolute Gasteiger partial charge is 0.405 e. The lowest BCUT2D eigenvalue weighted by Crippen LogP contribution is -2.27. The number of primary amides is 1. The van der Waals surface area contributed by atoms with E-state index < -0.39 is 11.7 Å². The Morgan fingerprint density at radius 1 is 1.00 bits per heavy atom. The van der Waals surface area contributed by atoms with Crippen LogP contribution >= 0.6 is 0 Å². The van der Waals surface area contributed by atoms with Crippen LogP contribution in [-0.4, -0.2) is 11.7 Å². The van der Waals surface area contributed by atoms with E-state index in [0.717, 1.165) is 0 Å². The minimum absolute atomic E-state index is 0.453. The highest BCUT2D eigenvalue weighted by Crippen LogP contribution is 2.04. The molecule has 0 aromatic heterocycles. The number of benzene rings is 1. The average Bonchev–Trinajstić information content (AvgIpc) is 2.03. The number of carbonyl (C=O) groups excluding carboxylic acids is 1. The molecule has 0 radical (unpaired) electrons. The van der Waals surface area contributed by atoms with Gasteiger partial charge >= 0.3 is 6.09 Å². The van der Waals surface area contributed by atoms with Gasteiger partial charge in [-0.1, -0.05) is 36.4 Å². The zero-order chi connectivity index (χ0) is 11.0. The number of carbonyl (C=O) groups is 1. The molecular formula is C11H17NO2. The van der Waals surface area contributed by atoms with Gasteiger partial charge in [0.1, 0.15) is 5.60 Å². The van der Waals surface area contributed by atoms with Crippen molar-refractivity contribution < 1.29 is 9.53 Å². The first-order valence-corrected chi connectivity index (χ1v) is 4.40. The molecule has 3 nitrogen and oxygen atoms in total. The van der Waals surface area contributed by atoms with Gasteiger partial charge in [0.2, 0.25) is 0 Å². The van der Waals surface area contributed by atoms with E-state index in [2.05, 4.69) is 4.74 Å². The van der Waals surface area contributed by atoms with E-state index in [0.29, 0.717) is 0 Å². The van der Waals surface area contributed by atoms with Crippen molar-refractivity contribution in [3.05, 3.63) is 36.4 Å². The Hall–Kier alpha value is -1.51. The first-order valence-electron chi connectivity index (χ1n) is 4.40. The minimum atomic E-state index is -0.725. The Morgan fingerprint density at radius 2 is 1.29 bits per heavy atom. The fourth-order valence-electron chi connectivity index (χ4n) is 0.687. The summed E-state index contributed by atoms with van der Waals surface area (Å²) in [6.45, 7) is 5.28. The molecule has 2 N–H and O–H groups in total. The maximum atomic E-state index is 10.0. The van der Waals surface area contributed by atoms with E-state index >= 15 is 0 Å². The van der Waals surface area contributed by atoms with Crippen molar-refractivity contribution in [3.8, 4) is 0 Å². The molecule has 1 amide bonds. The molecule has 0 atom stereocenters. The third-order valence-electron chi connectivity index (χ3n) is 1.07. The van der Waals surface area contributed by atoms with E-state index in [1.54, 1.807) is 20.8 Å². The lowest BCUT2D eigenvalue weighted by atomic mass is 10.2. The number of hydrogen-bond donors (Lipinski definition) is 1. The van der Waals surface area contributed by atoms with Crippen LogP contribution in [0.25, 0.3) is 0 Å². The molecule has 0 aliphatic carbocycles. The first-order chi connectivity index (χ1) is 6.42. The molecule has 0 bridgehead atoms. The zero-order valence-corrected chi connectivity index (χ0v) is 8.86. The molecule has 0 aliphatic heterocycles. The number of ether oxygens (including phenoxy) is 1. The Labute approximate surface area is 84.9 Å². The van der Waals surface area contributed by atoms with Gasteiger partial charge in [-0.2, -0.15) is 0 Å². The van der Waals surface area contributed by atoms with Crippen molar-refractivity contribution in [3.63, 3.8) is 0 Å². The first kappa shape index (κ1) is 12.5. The topological polar surface area (TPSA) is 52.3 Å². The van der Waals surface area contributed by atoms with Gasteiger partial charge in [0.25, 0.3) is 0 Å². The molecule has 1 rings (SSSR count). The summed E-state index contributed by atoms with van der Waals surface area (Å²) in [5.41, 5.74) is 4.26. The van der Waals surface area contributed by atoms with Crippen LogP contribution in [0.3, 0.4) is 0 Å². The number of hydrogen-bond acceptors (Lipinski definition) is 2. The molecule has 1 aromatic rings. The Balaban J connectivity index is 0.000000249. The highest BCUT2D eigenvalue weighted by Gasteiger charge is 2.12. The quantitative estimate of drug-likeness (QED) is 0.691. The second-order valence-corrected chi connectivity index (χ2v) is 3.69. The third kappa shape index (κ3) is 10.5. The SMILES string of the molecule is CC(C)(C)OC(N)=O.c1ccccc1. The normalized spacial score (nSPS) is 9.64. The van der Waals surface area contributed by atoms with Gasteiger partial charge in [0.05, 0.1) is 0 Å². The zero-order valence-electron chi connectivity index (χ0n) is 8.86. The monoisotopic (exact) mass is 195 g/mol. The maximum absolute atomic E-state index is 10.0. The molecule has 0 saturated heterocycles. The summed E-state index contributed by atoms with van der Waals surface area (Å²) in [5.74, 6) is 0. The molecule has 0 saturated carbocycles. The van der Waals surface area contributed by atoms with Crippen LogP contribution in [-0.2, 0) is 4.74 Å². The van der Waals surface area contributed by atoms with Crippen LogP contribution in [0.2, 0.25) is 0 Å². The van der Waals surface area contributed by atoms with Crippen LogP contribution < -0.4 is 5.73 Å². The largest absolute Gasteiger partial charge is 0.444 e. The molecule has 0 heterocycles. The van der Waals surface area contributed by atoms with Gasteiger partial charge in [-0.3, -0.25) is 0 Å². The fraction of sp³-hybridized carbons (Fsp3) is 0.364. The van der Waals surface area contributed by atoms with Gasteiger partial charge in [0.15, 0.2) is 0 Å². The van der Waals surface area contributed by atoms with E-state index in [-0.39, 0.29) is 0 Å². The molecule has 78 valence electrons. The number of nitrogens with two attached hydrogens (primary N) is 1. The van der Waals surface area contributed by atoms with Crippen LogP contribution in [0, 0.1) is 0 Å². The lowest BCUT2D eigenvalue weighted by Gasteiger charge is -2.16. The Morgan fingerprint density at radius 3 is 1.36 bits per heavy atom. The van der Waals surface area contributed by atoms with E-state index in [1.807, 2.05) is 36.4 Å². The third-order valence-corrected chi connectivity index (χ3v) is 1.07. The van der Waals surface area contributed by atoms with Crippen molar-refractivity contribution >= 4 is 6.09 Å². The summed E-state index contributed by atoms with van der Waals surface area (Å²) in [6, 6.07) is 12.0. The number of rotatable bonds is 0. The summed E-state index contributed by atoms with van der Waals surface area (Å²) < 4.78 is 4.58. The van der Waals surface area contributed by atoms with E-state index in [9.17, 15) is 4.79 Å². The van der Waals surface area contributed by atoms with Crippen LogP contribution in [0.1, 0.15) is 20.8 Å². The van der Waals surface area contributed by atoms with Gasteiger partial charge in [-0.05, 0) is 20.8 Å². The second-order valence-electron chi connectivity index (χ2n) is 3.69. The van der Waals surface area contributed by atoms with Crippen molar-refractivity contribution in [1.29, 1.82) is 0 Å². The Kier molecular flexibility index (Phi) is 5.37. The van der Waals surface area contributed by atoms with Gasteiger partial charge < -0.3 is 10.5 Å². The van der Waals surface area contributed by atoms with Crippen LogP contribution in [0.15, 0.2) is 36.4 Å². The summed E-state index contributed by atoms with van der Waals surface area (Å²) in [5, 5.41) is 0. The van der Waals surface area contributed by atoms with Gasteiger partial charge in [0, 0.05) is 0 Å². The molecule has 3 heteroatoms. The highest BCUT2D eigenvalue weighted by molar-refractivity contribution is 5.65. The molecule has 1 aromatic carbocycles. The lowest BCUT2D eigenvalue weighted by molar-refractivity contribution is 0.0600. The second kappa shape index (κ2) is 6.02. The van der Waals surface area contributed by atoms with E-state index in [1.165, 1.54) is 0 Å². The number of amides is 1. The fourth-order valence-corrected chi connectivity index (χ4v) is 0.687. The van der Waals surface area contributed by atoms with Crippen molar-refractivity contribution in [2.24, 2.45) is 5.73 Å². The summed E-state index contributed by atoms with van der Waals surface area (Å²) in [4.78, 5) is 10.0. The molecule has 0 fully saturated rings. The molecule has 0 spiro atoms.